The molecule has 0 spiro atoms. The van der Waals surface area contributed by atoms with Crippen molar-refractivity contribution in [3.05, 3.63) is 29.8 Å². The van der Waals surface area contributed by atoms with Gasteiger partial charge >= 0.3 is 0 Å². The molecule has 0 aliphatic carbocycles. The quantitative estimate of drug-likeness (QED) is 0.842. The summed E-state index contributed by atoms with van der Waals surface area (Å²) in [5.41, 5.74) is 2.21. The van der Waals surface area contributed by atoms with Gasteiger partial charge in [0.05, 0.1) is 6.10 Å². The summed E-state index contributed by atoms with van der Waals surface area (Å²) in [6.45, 7) is 11.8. The summed E-state index contributed by atoms with van der Waals surface area (Å²) in [5.74, 6) is 0.647. The molecule has 0 radical (unpaired) electrons. The second-order valence-corrected chi connectivity index (χ2v) is 5.41. The van der Waals surface area contributed by atoms with Gasteiger partial charge in [-0.2, -0.15) is 0 Å². The molecule has 2 nitrogen and oxygen atoms in total. The monoisotopic (exact) mass is 235 g/mol. The molecular weight excluding hydrogens is 210 g/mol. The van der Waals surface area contributed by atoms with Crippen LogP contribution in [-0.4, -0.2) is 17.7 Å². The Hall–Kier alpha value is -1.02. The van der Waals surface area contributed by atoms with E-state index in [1.165, 1.54) is 5.69 Å². The van der Waals surface area contributed by atoms with Gasteiger partial charge in [0, 0.05) is 18.3 Å². The molecule has 0 saturated carbocycles. The van der Waals surface area contributed by atoms with Gasteiger partial charge in [-0.25, -0.2) is 0 Å². The molecule has 2 heteroatoms. The standard InChI is InChI=1S/C15H25NO/c1-11(2)10-16(12(3)4)15-8-6-14(7-9-15)13(5)17/h6-9,11-13,17H,10H2,1-5H3/t13-/m1/s1. The summed E-state index contributed by atoms with van der Waals surface area (Å²) < 4.78 is 0. The van der Waals surface area contributed by atoms with E-state index in [-0.39, 0.29) is 6.10 Å². The van der Waals surface area contributed by atoms with Crippen molar-refractivity contribution in [3.63, 3.8) is 0 Å². The van der Waals surface area contributed by atoms with Crippen LogP contribution in [-0.2, 0) is 0 Å². The SMILES string of the molecule is CC(C)CN(c1ccc([C@@H](C)O)cc1)C(C)C. The Morgan fingerprint density at radius 2 is 1.53 bits per heavy atom. The molecule has 1 aromatic rings. The van der Waals surface area contributed by atoms with E-state index in [0.717, 1.165) is 12.1 Å². The van der Waals surface area contributed by atoms with Crippen molar-refractivity contribution in [2.45, 2.75) is 46.8 Å². The number of rotatable bonds is 5. The van der Waals surface area contributed by atoms with Crippen LogP contribution in [0.4, 0.5) is 5.69 Å². The first-order valence-corrected chi connectivity index (χ1v) is 6.46. The fourth-order valence-corrected chi connectivity index (χ4v) is 1.95. The number of benzene rings is 1. The summed E-state index contributed by atoms with van der Waals surface area (Å²) in [5, 5.41) is 9.49. The molecule has 0 saturated heterocycles. The van der Waals surface area contributed by atoms with E-state index in [9.17, 15) is 5.11 Å². The van der Waals surface area contributed by atoms with E-state index in [1.807, 2.05) is 12.1 Å². The smallest absolute Gasteiger partial charge is 0.0761 e. The first-order valence-electron chi connectivity index (χ1n) is 6.46. The lowest BCUT2D eigenvalue weighted by Gasteiger charge is -2.31. The van der Waals surface area contributed by atoms with Gasteiger partial charge in [-0.05, 0) is 44.4 Å². The molecule has 1 atom stereocenters. The molecule has 1 rings (SSSR count). The van der Waals surface area contributed by atoms with Gasteiger partial charge < -0.3 is 10.0 Å². The van der Waals surface area contributed by atoms with E-state index >= 15 is 0 Å². The third-order valence-electron chi connectivity index (χ3n) is 2.89. The van der Waals surface area contributed by atoms with Crippen LogP contribution >= 0.6 is 0 Å². The maximum Gasteiger partial charge on any atom is 0.0761 e. The maximum absolute atomic E-state index is 9.49. The van der Waals surface area contributed by atoms with Gasteiger partial charge in [-0.15, -0.1) is 0 Å². The molecule has 0 aliphatic rings. The Balaban J connectivity index is 2.87. The van der Waals surface area contributed by atoms with Crippen LogP contribution in [0, 0.1) is 5.92 Å². The van der Waals surface area contributed by atoms with Crippen molar-refractivity contribution in [1.29, 1.82) is 0 Å². The van der Waals surface area contributed by atoms with Crippen molar-refractivity contribution >= 4 is 5.69 Å². The third kappa shape index (κ3) is 4.04. The number of anilines is 1. The number of aliphatic hydroxyl groups excluding tert-OH is 1. The maximum atomic E-state index is 9.49. The zero-order chi connectivity index (χ0) is 13.0. The van der Waals surface area contributed by atoms with Crippen LogP contribution in [0.2, 0.25) is 0 Å². The molecule has 17 heavy (non-hydrogen) atoms. The summed E-state index contributed by atoms with van der Waals surface area (Å²) in [6.07, 6.45) is -0.387. The highest BCUT2D eigenvalue weighted by Gasteiger charge is 2.12. The predicted octanol–water partition coefficient (Wildman–Crippen LogP) is 3.61. The molecule has 1 N–H and O–H groups in total. The van der Waals surface area contributed by atoms with E-state index < -0.39 is 0 Å². The van der Waals surface area contributed by atoms with Crippen molar-refractivity contribution in [1.82, 2.24) is 0 Å². The van der Waals surface area contributed by atoms with Crippen molar-refractivity contribution in [2.24, 2.45) is 5.92 Å². The van der Waals surface area contributed by atoms with Crippen LogP contribution in [0.5, 0.6) is 0 Å². The van der Waals surface area contributed by atoms with Crippen LogP contribution in [0.25, 0.3) is 0 Å². The van der Waals surface area contributed by atoms with E-state index in [4.69, 9.17) is 0 Å². The van der Waals surface area contributed by atoms with Gasteiger partial charge in [0.15, 0.2) is 0 Å². The topological polar surface area (TPSA) is 23.5 Å². The van der Waals surface area contributed by atoms with Gasteiger partial charge in [-0.1, -0.05) is 26.0 Å². The highest BCUT2D eigenvalue weighted by atomic mass is 16.3. The molecule has 0 unspecified atom stereocenters. The molecular formula is C15H25NO. The molecule has 0 aromatic heterocycles. The molecule has 0 heterocycles. The van der Waals surface area contributed by atoms with E-state index in [1.54, 1.807) is 6.92 Å². The Morgan fingerprint density at radius 3 is 1.88 bits per heavy atom. The summed E-state index contributed by atoms with van der Waals surface area (Å²) >= 11 is 0. The average molecular weight is 235 g/mol. The van der Waals surface area contributed by atoms with Gasteiger partial charge in [-0.3, -0.25) is 0 Å². The Bertz CT molecular complexity index is 327. The van der Waals surface area contributed by atoms with Crippen molar-refractivity contribution in [2.75, 3.05) is 11.4 Å². The minimum absolute atomic E-state index is 0.387. The summed E-state index contributed by atoms with van der Waals surface area (Å²) in [7, 11) is 0. The fourth-order valence-electron chi connectivity index (χ4n) is 1.95. The Labute approximate surface area is 105 Å². The Kier molecular flexibility index (Phi) is 5.01. The van der Waals surface area contributed by atoms with Gasteiger partial charge in [0.1, 0.15) is 0 Å². The highest BCUT2D eigenvalue weighted by molar-refractivity contribution is 5.48. The molecule has 0 amide bonds. The minimum Gasteiger partial charge on any atom is -0.389 e. The molecule has 96 valence electrons. The number of hydrogen-bond acceptors (Lipinski definition) is 2. The van der Waals surface area contributed by atoms with Crippen LogP contribution in [0.3, 0.4) is 0 Å². The largest absolute Gasteiger partial charge is 0.389 e. The lowest BCUT2D eigenvalue weighted by Crippen LogP contribution is -2.34. The zero-order valence-corrected chi connectivity index (χ0v) is 11.6. The molecule has 0 aliphatic heterocycles. The van der Waals surface area contributed by atoms with Gasteiger partial charge in [0.25, 0.3) is 0 Å². The van der Waals surface area contributed by atoms with E-state index in [0.29, 0.717) is 12.0 Å². The predicted molar refractivity (Wildman–Crippen MR) is 74.4 cm³/mol. The summed E-state index contributed by atoms with van der Waals surface area (Å²) in [4.78, 5) is 2.40. The number of hydrogen-bond donors (Lipinski definition) is 1. The zero-order valence-electron chi connectivity index (χ0n) is 11.6. The first-order chi connectivity index (χ1) is 7.91. The summed E-state index contributed by atoms with van der Waals surface area (Å²) in [6, 6.07) is 8.72. The fraction of sp³-hybridized carbons (Fsp3) is 0.600. The van der Waals surface area contributed by atoms with E-state index in [2.05, 4.69) is 44.7 Å². The van der Waals surface area contributed by atoms with Crippen molar-refractivity contribution in [3.8, 4) is 0 Å². The molecule has 0 fully saturated rings. The number of nitrogens with zero attached hydrogens (tertiary/aromatic N) is 1. The van der Waals surface area contributed by atoms with Crippen LogP contribution in [0.1, 0.15) is 46.3 Å². The molecule has 0 bridgehead atoms. The van der Waals surface area contributed by atoms with Crippen molar-refractivity contribution < 1.29 is 5.11 Å². The third-order valence-corrected chi connectivity index (χ3v) is 2.89. The second kappa shape index (κ2) is 6.06. The Morgan fingerprint density at radius 1 is 1.00 bits per heavy atom. The lowest BCUT2D eigenvalue weighted by molar-refractivity contribution is 0.199. The molecule has 1 aromatic carbocycles. The first kappa shape index (κ1) is 14.0. The highest BCUT2D eigenvalue weighted by Crippen LogP contribution is 2.21. The average Bonchev–Trinajstić information content (AvgIpc) is 2.25. The number of aliphatic hydroxyl groups is 1. The van der Waals surface area contributed by atoms with Crippen LogP contribution in [0.15, 0.2) is 24.3 Å². The minimum atomic E-state index is -0.387. The lowest BCUT2D eigenvalue weighted by atomic mass is 10.1. The van der Waals surface area contributed by atoms with Gasteiger partial charge in [0.2, 0.25) is 0 Å². The normalized spacial score (nSPS) is 13.2. The van der Waals surface area contributed by atoms with Crippen LogP contribution < -0.4 is 4.90 Å². The second-order valence-electron chi connectivity index (χ2n) is 5.41.